The van der Waals surface area contributed by atoms with Crippen LogP contribution in [0.1, 0.15) is 21.5 Å². The number of nitrogens with zero attached hydrogens (tertiary/aromatic N) is 2. The van der Waals surface area contributed by atoms with E-state index in [-0.39, 0.29) is 16.8 Å². The van der Waals surface area contributed by atoms with Crippen LogP contribution in [0, 0.1) is 6.92 Å². The molecule has 0 fully saturated rings. The summed E-state index contributed by atoms with van der Waals surface area (Å²) < 4.78 is 43.8. The van der Waals surface area contributed by atoms with Crippen molar-refractivity contribution in [3.05, 3.63) is 59.3 Å². The molecule has 2 heterocycles. The van der Waals surface area contributed by atoms with Gasteiger partial charge in [0.25, 0.3) is 0 Å². The number of hydrogen-bond acceptors (Lipinski definition) is 4. The number of rotatable bonds is 2. The zero-order valence-corrected chi connectivity index (χ0v) is 13.4. The molecule has 0 unspecified atom stereocenters. The lowest BCUT2D eigenvalue weighted by atomic mass is 9.99. The number of fused-ring (bicyclic) bond motifs is 1. The standard InChI is InChI=1S/C18H13F3N2O2/c1-10-14(17(24)25-2)16-13(7-4-8-22-16)23-15(10)11-5-3-6-12(9-11)18(19,20)21/h3-9H,1-2H3. The van der Waals surface area contributed by atoms with Crippen LogP contribution >= 0.6 is 0 Å². The van der Waals surface area contributed by atoms with Crippen molar-refractivity contribution < 1.29 is 22.7 Å². The predicted octanol–water partition coefficient (Wildman–Crippen LogP) is 4.41. The van der Waals surface area contributed by atoms with Crippen LogP contribution in [0.15, 0.2) is 42.6 Å². The minimum atomic E-state index is -4.46. The number of ether oxygens (including phenoxy) is 1. The summed E-state index contributed by atoms with van der Waals surface area (Å²) in [7, 11) is 1.24. The van der Waals surface area contributed by atoms with Gasteiger partial charge >= 0.3 is 12.1 Å². The normalized spacial score (nSPS) is 11.6. The molecule has 0 aliphatic rings. The van der Waals surface area contributed by atoms with Gasteiger partial charge in [-0.25, -0.2) is 9.78 Å². The maximum absolute atomic E-state index is 13.0. The molecule has 1 aromatic carbocycles. The molecule has 0 N–H and O–H groups in total. The maximum Gasteiger partial charge on any atom is 0.416 e. The largest absolute Gasteiger partial charge is 0.465 e. The fraction of sp³-hybridized carbons (Fsp3) is 0.167. The fourth-order valence-corrected chi connectivity index (χ4v) is 2.66. The zero-order chi connectivity index (χ0) is 18.2. The van der Waals surface area contributed by atoms with Crippen LogP contribution in [0.5, 0.6) is 0 Å². The van der Waals surface area contributed by atoms with Crippen molar-refractivity contribution in [2.75, 3.05) is 7.11 Å². The monoisotopic (exact) mass is 346 g/mol. The molecule has 128 valence electrons. The Morgan fingerprint density at radius 1 is 1.16 bits per heavy atom. The summed E-state index contributed by atoms with van der Waals surface area (Å²) >= 11 is 0. The minimum absolute atomic E-state index is 0.195. The molecule has 0 atom stereocenters. The van der Waals surface area contributed by atoms with Crippen molar-refractivity contribution >= 4 is 17.0 Å². The van der Waals surface area contributed by atoms with Crippen molar-refractivity contribution in [3.8, 4) is 11.3 Å². The highest BCUT2D eigenvalue weighted by Gasteiger charge is 2.31. The molecule has 25 heavy (non-hydrogen) atoms. The lowest BCUT2D eigenvalue weighted by molar-refractivity contribution is -0.137. The lowest BCUT2D eigenvalue weighted by Gasteiger charge is -2.14. The van der Waals surface area contributed by atoms with Crippen LogP contribution in [0.3, 0.4) is 0 Å². The lowest BCUT2D eigenvalue weighted by Crippen LogP contribution is -2.09. The third-order valence-corrected chi connectivity index (χ3v) is 3.84. The van der Waals surface area contributed by atoms with Gasteiger partial charge in [0.15, 0.2) is 0 Å². The molecule has 0 amide bonds. The van der Waals surface area contributed by atoms with E-state index in [2.05, 4.69) is 9.97 Å². The van der Waals surface area contributed by atoms with Crippen LogP contribution in [-0.2, 0) is 10.9 Å². The van der Waals surface area contributed by atoms with Crippen LogP contribution in [-0.4, -0.2) is 23.0 Å². The molecule has 0 bridgehead atoms. The van der Waals surface area contributed by atoms with Gasteiger partial charge < -0.3 is 4.74 Å². The molecule has 7 heteroatoms. The molecular weight excluding hydrogens is 333 g/mol. The fourth-order valence-electron chi connectivity index (χ4n) is 2.66. The SMILES string of the molecule is COC(=O)c1c(C)c(-c2cccc(C(F)(F)F)c2)nc2cccnc12. The third kappa shape index (κ3) is 3.05. The van der Waals surface area contributed by atoms with E-state index in [0.717, 1.165) is 12.1 Å². The first-order chi connectivity index (χ1) is 11.8. The van der Waals surface area contributed by atoms with Gasteiger partial charge in [0, 0.05) is 11.8 Å². The smallest absolute Gasteiger partial charge is 0.416 e. The number of alkyl halides is 3. The second-order valence-electron chi connectivity index (χ2n) is 5.40. The molecule has 3 rings (SSSR count). The second-order valence-corrected chi connectivity index (χ2v) is 5.40. The van der Waals surface area contributed by atoms with Crippen molar-refractivity contribution in [1.82, 2.24) is 9.97 Å². The van der Waals surface area contributed by atoms with Crippen molar-refractivity contribution in [2.45, 2.75) is 13.1 Å². The Kier molecular flexibility index (Phi) is 4.16. The molecular formula is C18H13F3N2O2. The van der Waals surface area contributed by atoms with Gasteiger partial charge in [-0.1, -0.05) is 12.1 Å². The average Bonchev–Trinajstić information content (AvgIpc) is 2.60. The zero-order valence-electron chi connectivity index (χ0n) is 13.4. The molecule has 3 aromatic rings. The van der Waals surface area contributed by atoms with Crippen molar-refractivity contribution in [3.63, 3.8) is 0 Å². The highest BCUT2D eigenvalue weighted by atomic mass is 19.4. The summed E-state index contributed by atoms with van der Waals surface area (Å²) in [6.07, 6.45) is -2.95. The Labute approximate surface area is 141 Å². The van der Waals surface area contributed by atoms with Crippen LogP contribution in [0.25, 0.3) is 22.3 Å². The Morgan fingerprint density at radius 3 is 2.60 bits per heavy atom. The molecule has 0 spiro atoms. The summed E-state index contributed by atoms with van der Waals surface area (Å²) in [6.45, 7) is 1.61. The van der Waals surface area contributed by atoms with Gasteiger partial charge in [-0.3, -0.25) is 4.98 Å². The van der Waals surface area contributed by atoms with Crippen LogP contribution < -0.4 is 0 Å². The van der Waals surface area contributed by atoms with Gasteiger partial charge in [0.1, 0.15) is 5.52 Å². The topological polar surface area (TPSA) is 52.1 Å². The van der Waals surface area contributed by atoms with E-state index in [4.69, 9.17) is 4.74 Å². The molecule has 0 saturated heterocycles. The van der Waals surface area contributed by atoms with Gasteiger partial charge in [-0.2, -0.15) is 13.2 Å². The molecule has 0 radical (unpaired) electrons. The molecule has 4 nitrogen and oxygen atoms in total. The molecule has 0 aliphatic carbocycles. The van der Waals surface area contributed by atoms with Gasteiger partial charge in [0.2, 0.25) is 0 Å². The predicted molar refractivity (Wildman–Crippen MR) is 86.1 cm³/mol. The number of carbonyl (C=O) groups excluding carboxylic acids is 1. The summed E-state index contributed by atoms with van der Waals surface area (Å²) in [4.78, 5) is 20.8. The van der Waals surface area contributed by atoms with Gasteiger partial charge in [-0.05, 0) is 36.8 Å². The van der Waals surface area contributed by atoms with Crippen molar-refractivity contribution in [1.29, 1.82) is 0 Å². The summed E-state index contributed by atoms with van der Waals surface area (Å²) in [6, 6.07) is 8.12. The number of hydrogen-bond donors (Lipinski definition) is 0. The number of esters is 1. The molecule has 2 aromatic heterocycles. The Bertz CT molecular complexity index is 968. The van der Waals surface area contributed by atoms with E-state index in [9.17, 15) is 18.0 Å². The van der Waals surface area contributed by atoms with E-state index in [1.807, 2.05) is 0 Å². The van der Waals surface area contributed by atoms with E-state index in [1.165, 1.54) is 25.4 Å². The second kappa shape index (κ2) is 6.16. The summed E-state index contributed by atoms with van der Waals surface area (Å²) in [5.41, 5.74) is 1.13. The number of carbonyl (C=O) groups is 1. The molecule has 0 aliphatic heterocycles. The minimum Gasteiger partial charge on any atom is -0.465 e. The average molecular weight is 346 g/mol. The van der Waals surface area contributed by atoms with Gasteiger partial charge in [-0.15, -0.1) is 0 Å². The Morgan fingerprint density at radius 2 is 1.92 bits per heavy atom. The Balaban J connectivity index is 2.31. The first-order valence-corrected chi connectivity index (χ1v) is 7.34. The number of benzene rings is 1. The van der Waals surface area contributed by atoms with E-state index in [0.29, 0.717) is 16.6 Å². The van der Waals surface area contributed by atoms with Crippen molar-refractivity contribution in [2.24, 2.45) is 0 Å². The van der Waals surface area contributed by atoms with E-state index < -0.39 is 17.7 Å². The van der Waals surface area contributed by atoms with Crippen LogP contribution in [0.2, 0.25) is 0 Å². The van der Waals surface area contributed by atoms with Crippen LogP contribution in [0.4, 0.5) is 13.2 Å². The highest BCUT2D eigenvalue weighted by Crippen LogP contribution is 2.34. The third-order valence-electron chi connectivity index (χ3n) is 3.84. The summed E-state index contributed by atoms with van der Waals surface area (Å²) in [5.74, 6) is -0.614. The number of pyridine rings is 2. The summed E-state index contributed by atoms with van der Waals surface area (Å²) in [5, 5.41) is 0. The highest BCUT2D eigenvalue weighted by molar-refractivity contribution is 6.04. The molecule has 0 saturated carbocycles. The number of aromatic nitrogens is 2. The van der Waals surface area contributed by atoms with E-state index >= 15 is 0 Å². The van der Waals surface area contributed by atoms with Gasteiger partial charge in [0.05, 0.1) is 29.4 Å². The Hall–Kier alpha value is -2.96. The number of halogens is 3. The first kappa shape index (κ1) is 16.9. The maximum atomic E-state index is 13.0. The number of methoxy groups -OCH3 is 1. The first-order valence-electron chi connectivity index (χ1n) is 7.34. The quantitative estimate of drug-likeness (QED) is 0.645. The van der Waals surface area contributed by atoms with E-state index in [1.54, 1.807) is 19.1 Å².